The second-order valence-corrected chi connectivity index (χ2v) is 7.05. The third kappa shape index (κ3) is 4.12. The summed E-state index contributed by atoms with van der Waals surface area (Å²) in [6.45, 7) is 3.06. The first-order valence-electron chi connectivity index (χ1n) is 8.78. The van der Waals surface area contributed by atoms with Crippen molar-refractivity contribution in [3.8, 4) is 11.5 Å². The standard InChI is InChI=1S/C20H20ClN3O5/c1-12(29-15-9-7-14(21)8-10-15)17(25)23-24-18(26)20(2,22-19(24)27)13-5-4-6-16(11-13)28-3/h4-12H,1-3H3,(H,22,27)(H,23,25)/t12-,20-/m1/s1. The maximum Gasteiger partial charge on any atom is 0.344 e. The lowest BCUT2D eigenvalue weighted by atomic mass is 9.92. The van der Waals surface area contributed by atoms with E-state index in [1.54, 1.807) is 55.5 Å². The predicted octanol–water partition coefficient (Wildman–Crippen LogP) is 2.61. The van der Waals surface area contributed by atoms with Gasteiger partial charge in [0.2, 0.25) is 0 Å². The molecular weight excluding hydrogens is 398 g/mol. The number of rotatable bonds is 6. The lowest BCUT2D eigenvalue weighted by molar-refractivity contribution is -0.141. The van der Waals surface area contributed by atoms with Gasteiger partial charge in [-0.1, -0.05) is 23.7 Å². The van der Waals surface area contributed by atoms with Crippen molar-refractivity contribution in [1.29, 1.82) is 0 Å². The lowest BCUT2D eigenvalue weighted by Gasteiger charge is -2.23. The molecule has 0 aliphatic carbocycles. The number of imide groups is 1. The fourth-order valence-electron chi connectivity index (χ4n) is 2.84. The summed E-state index contributed by atoms with van der Waals surface area (Å²) >= 11 is 5.82. The average Bonchev–Trinajstić information content (AvgIpc) is 2.93. The van der Waals surface area contributed by atoms with Crippen molar-refractivity contribution in [2.24, 2.45) is 0 Å². The number of benzene rings is 2. The number of carbonyl (C=O) groups excluding carboxylic acids is 3. The molecule has 0 radical (unpaired) electrons. The molecule has 1 heterocycles. The summed E-state index contributed by atoms with van der Waals surface area (Å²) < 4.78 is 10.7. The molecule has 1 aliphatic heterocycles. The van der Waals surface area contributed by atoms with Crippen LogP contribution in [-0.2, 0) is 15.1 Å². The Morgan fingerprint density at radius 2 is 1.86 bits per heavy atom. The normalized spacial score (nSPS) is 19.5. The van der Waals surface area contributed by atoms with Gasteiger partial charge >= 0.3 is 6.03 Å². The third-order valence-electron chi connectivity index (χ3n) is 4.56. The Morgan fingerprint density at radius 1 is 1.17 bits per heavy atom. The van der Waals surface area contributed by atoms with Crippen LogP contribution in [0.25, 0.3) is 0 Å². The number of hydrazine groups is 1. The number of nitrogens with one attached hydrogen (secondary N) is 2. The molecule has 1 aliphatic rings. The molecule has 2 aromatic rings. The number of hydrogen-bond donors (Lipinski definition) is 2. The number of urea groups is 1. The molecule has 2 atom stereocenters. The summed E-state index contributed by atoms with van der Waals surface area (Å²) in [5.41, 5.74) is 1.49. The molecule has 152 valence electrons. The number of carbonyl (C=O) groups is 3. The smallest absolute Gasteiger partial charge is 0.344 e. The van der Waals surface area contributed by atoms with E-state index >= 15 is 0 Å². The average molecular weight is 418 g/mol. The molecule has 4 amide bonds. The zero-order valence-electron chi connectivity index (χ0n) is 16.1. The SMILES string of the molecule is COc1cccc([C@@]2(C)NC(=O)N(NC(=O)[C@@H](C)Oc3ccc(Cl)cc3)C2=O)c1. The Balaban J connectivity index is 1.72. The Morgan fingerprint density at radius 3 is 2.52 bits per heavy atom. The fraction of sp³-hybridized carbons (Fsp3) is 0.250. The minimum absolute atomic E-state index is 0.426. The second-order valence-electron chi connectivity index (χ2n) is 6.62. The number of nitrogens with zero attached hydrogens (tertiary/aromatic N) is 1. The molecule has 9 heteroatoms. The topological polar surface area (TPSA) is 97.0 Å². The Kier molecular flexibility index (Phi) is 5.65. The van der Waals surface area contributed by atoms with Crippen molar-refractivity contribution in [2.45, 2.75) is 25.5 Å². The van der Waals surface area contributed by atoms with E-state index in [9.17, 15) is 14.4 Å². The summed E-state index contributed by atoms with van der Waals surface area (Å²) in [6.07, 6.45) is -0.958. The Bertz CT molecular complexity index is 949. The van der Waals surface area contributed by atoms with Crippen LogP contribution in [-0.4, -0.2) is 36.1 Å². The van der Waals surface area contributed by atoms with Crippen molar-refractivity contribution >= 4 is 29.4 Å². The first kappa shape index (κ1) is 20.5. The third-order valence-corrected chi connectivity index (χ3v) is 4.81. The zero-order valence-corrected chi connectivity index (χ0v) is 16.8. The molecule has 2 aromatic carbocycles. The van der Waals surface area contributed by atoms with E-state index in [1.807, 2.05) is 0 Å². The highest BCUT2D eigenvalue weighted by Gasteiger charge is 2.50. The monoisotopic (exact) mass is 417 g/mol. The Hall–Kier alpha value is -3.26. The summed E-state index contributed by atoms with van der Waals surface area (Å²) in [5.74, 6) is -0.310. The van der Waals surface area contributed by atoms with E-state index in [4.69, 9.17) is 21.1 Å². The van der Waals surface area contributed by atoms with Crippen molar-refractivity contribution in [3.05, 3.63) is 59.1 Å². The van der Waals surface area contributed by atoms with Gasteiger partial charge in [-0.25, -0.2) is 4.79 Å². The molecule has 1 fully saturated rings. The van der Waals surface area contributed by atoms with Crippen LogP contribution in [0.4, 0.5) is 4.79 Å². The van der Waals surface area contributed by atoms with Crippen LogP contribution < -0.4 is 20.2 Å². The van der Waals surface area contributed by atoms with Gasteiger partial charge in [0.1, 0.15) is 17.0 Å². The molecule has 0 bridgehead atoms. The van der Waals surface area contributed by atoms with Crippen LogP contribution in [0.5, 0.6) is 11.5 Å². The van der Waals surface area contributed by atoms with Gasteiger partial charge in [0.15, 0.2) is 6.10 Å². The van der Waals surface area contributed by atoms with Crippen LogP contribution >= 0.6 is 11.6 Å². The largest absolute Gasteiger partial charge is 0.497 e. The minimum Gasteiger partial charge on any atom is -0.497 e. The lowest BCUT2D eigenvalue weighted by Crippen LogP contribution is -2.51. The first-order valence-corrected chi connectivity index (χ1v) is 9.16. The van der Waals surface area contributed by atoms with Gasteiger partial charge in [0, 0.05) is 5.02 Å². The Labute approximate surface area is 172 Å². The molecule has 0 aromatic heterocycles. The first-order chi connectivity index (χ1) is 13.7. The van der Waals surface area contributed by atoms with E-state index in [2.05, 4.69) is 10.7 Å². The van der Waals surface area contributed by atoms with Crippen molar-refractivity contribution in [2.75, 3.05) is 7.11 Å². The molecule has 3 rings (SSSR count). The van der Waals surface area contributed by atoms with Crippen molar-refractivity contribution < 1.29 is 23.9 Å². The van der Waals surface area contributed by atoms with E-state index in [-0.39, 0.29) is 0 Å². The molecule has 2 N–H and O–H groups in total. The quantitative estimate of drug-likeness (QED) is 0.704. The van der Waals surface area contributed by atoms with Gasteiger partial charge < -0.3 is 14.8 Å². The summed E-state index contributed by atoms with van der Waals surface area (Å²) in [4.78, 5) is 37.8. The second kappa shape index (κ2) is 8.00. The van der Waals surface area contributed by atoms with E-state index in [1.165, 1.54) is 14.0 Å². The van der Waals surface area contributed by atoms with Crippen molar-refractivity contribution in [3.63, 3.8) is 0 Å². The molecule has 29 heavy (non-hydrogen) atoms. The molecule has 1 saturated heterocycles. The minimum atomic E-state index is -1.35. The molecule has 0 unspecified atom stereocenters. The van der Waals surface area contributed by atoms with E-state index in [0.29, 0.717) is 27.1 Å². The van der Waals surface area contributed by atoms with Crippen LogP contribution in [0.1, 0.15) is 19.4 Å². The number of halogens is 1. The van der Waals surface area contributed by atoms with Crippen LogP contribution in [0.3, 0.4) is 0 Å². The van der Waals surface area contributed by atoms with Gasteiger partial charge in [-0.2, -0.15) is 5.01 Å². The number of amides is 4. The highest BCUT2D eigenvalue weighted by molar-refractivity contribution is 6.30. The van der Waals surface area contributed by atoms with Gasteiger partial charge in [-0.3, -0.25) is 15.0 Å². The maximum atomic E-state index is 12.9. The molecule has 0 saturated carbocycles. The van der Waals surface area contributed by atoms with Crippen LogP contribution in [0, 0.1) is 0 Å². The molecular formula is C20H20ClN3O5. The van der Waals surface area contributed by atoms with Gasteiger partial charge in [0.25, 0.3) is 11.8 Å². The summed E-state index contributed by atoms with van der Waals surface area (Å²) in [5, 5.41) is 3.80. The number of ether oxygens (including phenoxy) is 2. The highest BCUT2D eigenvalue weighted by atomic mass is 35.5. The van der Waals surface area contributed by atoms with E-state index < -0.39 is 29.5 Å². The van der Waals surface area contributed by atoms with Gasteiger partial charge in [-0.15, -0.1) is 0 Å². The zero-order chi connectivity index (χ0) is 21.2. The molecule has 0 spiro atoms. The highest BCUT2D eigenvalue weighted by Crippen LogP contribution is 2.30. The van der Waals surface area contributed by atoms with Crippen molar-refractivity contribution in [1.82, 2.24) is 15.8 Å². The van der Waals surface area contributed by atoms with Crippen LogP contribution in [0.2, 0.25) is 5.02 Å². The number of methoxy groups -OCH3 is 1. The fourth-order valence-corrected chi connectivity index (χ4v) is 2.97. The molecule has 8 nitrogen and oxygen atoms in total. The summed E-state index contributed by atoms with van der Waals surface area (Å²) in [6, 6.07) is 12.5. The predicted molar refractivity (Wildman–Crippen MR) is 105 cm³/mol. The maximum absolute atomic E-state index is 12.9. The van der Waals surface area contributed by atoms with E-state index in [0.717, 1.165) is 0 Å². The number of hydrogen-bond acceptors (Lipinski definition) is 5. The van der Waals surface area contributed by atoms with Gasteiger partial charge in [0.05, 0.1) is 7.11 Å². The van der Waals surface area contributed by atoms with Crippen LogP contribution in [0.15, 0.2) is 48.5 Å². The van der Waals surface area contributed by atoms with Gasteiger partial charge in [-0.05, 0) is 55.8 Å². The summed E-state index contributed by atoms with van der Waals surface area (Å²) in [7, 11) is 1.51.